The summed E-state index contributed by atoms with van der Waals surface area (Å²) in [6.45, 7) is 1.80. The molecule has 0 radical (unpaired) electrons. The van der Waals surface area contributed by atoms with Gasteiger partial charge in [0, 0.05) is 9.83 Å². The Morgan fingerprint density at radius 3 is 2.58 bits per heavy atom. The van der Waals surface area contributed by atoms with E-state index in [0.717, 1.165) is 9.13 Å². The van der Waals surface area contributed by atoms with Gasteiger partial charge in [-0.25, -0.2) is 0 Å². The first-order valence-corrected chi connectivity index (χ1v) is 5.98. The lowest BCUT2D eigenvalue weighted by Crippen LogP contribution is -1.91. The van der Waals surface area contributed by atoms with E-state index in [1.165, 1.54) is 0 Å². The Morgan fingerprint density at radius 1 is 1.50 bits per heavy atom. The molecule has 1 unspecified atom stereocenters. The number of aromatic hydroxyl groups is 1. The maximum Gasteiger partial charge on any atom is 0.134 e. The Balaban J connectivity index is 3.37. The molecule has 0 heterocycles. The lowest BCUT2D eigenvalue weighted by atomic mass is 10.2. The number of phenolic OH excluding ortho intramolecular Hbond substituents is 1. The van der Waals surface area contributed by atoms with Crippen LogP contribution >= 0.6 is 22.6 Å². The van der Waals surface area contributed by atoms with Gasteiger partial charge in [0.05, 0.1) is 15.7 Å². The molecule has 0 amide bonds. The van der Waals surface area contributed by atoms with Crippen LogP contribution in [0.2, 0.25) is 0 Å². The van der Waals surface area contributed by atoms with Crippen LogP contribution in [0.1, 0.15) is 5.56 Å². The van der Waals surface area contributed by atoms with Crippen LogP contribution in [0.5, 0.6) is 5.75 Å². The maximum atomic E-state index is 11.1. The quantitative estimate of drug-likeness (QED) is 0.805. The van der Waals surface area contributed by atoms with Crippen molar-refractivity contribution in [1.29, 1.82) is 0 Å². The highest BCUT2D eigenvalue weighted by Crippen LogP contribution is 2.26. The van der Waals surface area contributed by atoms with E-state index in [-0.39, 0.29) is 5.75 Å². The molecule has 4 heteroatoms. The first-order valence-electron chi connectivity index (χ1n) is 3.35. The first kappa shape index (κ1) is 9.98. The molecule has 1 aromatic rings. The van der Waals surface area contributed by atoms with Crippen molar-refractivity contribution in [2.75, 3.05) is 6.26 Å². The van der Waals surface area contributed by atoms with Gasteiger partial charge < -0.3 is 5.11 Å². The van der Waals surface area contributed by atoms with E-state index >= 15 is 0 Å². The van der Waals surface area contributed by atoms with Gasteiger partial charge in [-0.05, 0) is 47.2 Å². The number of hydrogen-bond acceptors (Lipinski definition) is 2. The third-order valence-electron chi connectivity index (χ3n) is 1.54. The second kappa shape index (κ2) is 3.74. The smallest absolute Gasteiger partial charge is 0.134 e. The molecule has 0 bridgehead atoms. The fourth-order valence-corrected chi connectivity index (χ4v) is 2.64. The third kappa shape index (κ3) is 1.98. The van der Waals surface area contributed by atoms with Crippen molar-refractivity contribution in [1.82, 2.24) is 0 Å². The SMILES string of the molecule is Cc1cc(I)cc(S(C)=O)c1O. The van der Waals surface area contributed by atoms with Gasteiger partial charge in [0.2, 0.25) is 0 Å². The Morgan fingerprint density at radius 2 is 2.08 bits per heavy atom. The number of hydrogen-bond donors (Lipinski definition) is 1. The van der Waals surface area contributed by atoms with Crippen molar-refractivity contribution in [3.63, 3.8) is 0 Å². The summed E-state index contributed by atoms with van der Waals surface area (Å²) in [5, 5.41) is 9.50. The average Bonchev–Trinajstić information content (AvgIpc) is 1.96. The molecule has 12 heavy (non-hydrogen) atoms. The zero-order valence-corrected chi connectivity index (χ0v) is 9.77. The highest BCUT2D eigenvalue weighted by atomic mass is 127. The van der Waals surface area contributed by atoms with E-state index in [0.29, 0.717) is 4.90 Å². The molecule has 1 atom stereocenters. The minimum Gasteiger partial charge on any atom is -0.506 e. The third-order valence-corrected chi connectivity index (χ3v) is 3.09. The Bertz CT molecular complexity index is 336. The van der Waals surface area contributed by atoms with Gasteiger partial charge in [-0.3, -0.25) is 4.21 Å². The van der Waals surface area contributed by atoms with E-state index in [1.54, 1.807) is 19.2 Å². The fourth-order valence-electron chi connectivity index (χ4n) is 0.924. The number of aryl methyl sites for hydroxylation is 1. The van der Waals surface area contributed by atoms with E-state index in [4.69, 9.17) is 0 Å². The molecule has 0 aliphatic rings. The summed E-state index contributed by atoms with van der Waals surface area (Å²) in [6.07, 6.45) is 1.56. The summed E-state index contributed by atoms with van der Waals surface area (Å²) >= 11 is 2.14. The van der Waals surface area contributed by atoms with Crippen LogP contribution in [0.15, 0.2) is 17.0 Å². The van der Waals surface area contributed by atoms with Crippen LogP contribution in [0.4, 0.5) is 0 Å². The molecule has 0 fully saturated rings. The summed E-state index contributed by atoms with van der Waals surface area (Å²) in [5.41, 5.74) is 0.770. The molecule has 1 aromatic carbocycles. The topological polar surface area (TPSA) is 37.3 Å². The second-order valence-corrected chi connectivity index (χ2v) is 5.12. The van der Waals surface area contributed by atoms with E-state index < -0.39 is 10.8 Å². The van der Waals surface area contributed by atoms with Crippen molar-refractivity contribution in [3.8, 4) is 5.75 Å². The normalized spacial score (nSPS) is 12.9. The Hall–Kier alpha value is -0.100. The van der Waals surface area contributed by atoms with Crippen molar-refractivity contribution in [2.24, 2.45) is 0 Å². The summed E-state index contributed by atoms with van der Waals surface area (Å²) < 4.78 is 12.1. The van der Waals surface area contributed by atoms with Gasteiger partial charge >= 0.3 is 0 Å². The Kier molecular flexibility index (Phi) is 3.11. The number of rotatable bonds is 1. The largest absolute Gasteiger partial charge is 0.506 e. The monoisotopic (exact) mass is 296 g/mol. The molecule has 0 saturated heterocycles. The molecule has 0 aromatic heterocycles. The van der Waals surface area contributed by atoms with Gasteiger partial charge in [0.15, 0.2) is 0 Å². The lowest BCUT2D eigenvalue weighted by molar-refractivity contribution is 0.457. The zero-order valence-electron chi connectivity index (χ0n) is 6.80. The van der Waals surface area contributed by atoms with E-state index in [9.17, 15) is 9.32 Å². The number of benzene rings is 1. The number of halogens is 1. The van der Waals surface area contributed by atoms with Crippen molar-refractivity contribution in [3.05, 3.63) is 21.3 Å². The highest BCUT2D eigenvalue weighted by molar-refractivity contribution is 14.1. The number of phenols is 1. The van der Waals surface area contributed by atoms with Crippen LogP contribution in [0, 0.1) is 10.5 Å². The van der Waals surface area contributed by atoms with E-state index in [1.807, 2.05) is 6.07 Å². The van der Waals surface area contributed by atoms with E-state index in [2.05, 4.69) is 22.6 Å². The van der Waals surface area contributed by atoms with Gasteiger partial charge in [0.25, 0.3) is 0 Å². The van der Waals surface area contributed by atoms with Gasteiger partial charge in [0.1, 0.15) is 5.75 Å². The lowest BCUT2D eigenvalue weighted by Gasteiger charge is -2.04. The molecule has 66 valence electrons. The standard InChI is InChI=1S/C8H9IO2S/c1-5-3-6(9)4-7(8(5)10)12(2)11/h3-4,10H,1-2H3. The summed E-state index contributed by atoms with van der Waals surface area (Å²) in [6, 6.07) is 3.59. The molecule has 2 nitrogen and oxygen atoms in total. The van der Waals surface area contributed by atoms with Crippen molar-refractivity contribution in [2.45, 2.75) is 11.8 Å². The van der Waals surface area contributed by atoms with Crippen LogP contribution in [-0.4, -0.2) is 15.6 Å². The van der Waals surface area contributed by atoms with Gasteiger partial charge in [-0.2, -0.15) is 0 Å². The van der Waals surface area contributed by atoms with Crippen LogP contribution in [0.3, 0.4) is 0 Å². The predicted molar refractivity (Wildman–Crippen MR) is 57.9 cm³/mol. The summed E-state index contributed by atoms with van der Waals surface area (Å²) in [5.74, 6) is 0.149. The predicted octanol–water partition coefficient (Wildman–Crippen LogP) is 2.04. The molecular formula is C8H9IO2S. The second-order valence-electron chi connectivity index (χ2n) is 2.52. The molecule has 1 N–H and O–H groups in total. The van der Waals surface area contributed by atoms with Crippen LogP contribution < -0.4 is 0 Å². The minimum absolute atomic E-state index is 0.149. The van der Waals surface area contributed by atoms with Crippen LogP contribution in [-0.2, 0) is 10.8 Å². The Labute approximate surface area is 87.6 Å². The fraction of sp³-hybridized carbons (Fsp3) is 0.250. The molecule has 0 aliphatic carbocycles. The summed E-state index contributed by atoms with van der Waals surface area (Å²) in [4.78, 5) is 0.513. The van der Waals surface area contributed by atoms with Gasteiger partial charge in [-0.15, -0.1) is 0 Å². The van der Waals surface area contributed by atoms with Crippen molar-refractivity contribution >= 4 is 33.4 Å². The summed E-state index contributed by atoms with van der Waals surface area (Å²) in [7, 11) is -1.12. The molecule has 0 aliphatic heterocycles. The molecular weight excluding hydrogens is 287 g/mol. The molecule has 1 rings (SSSR count). The zero-order chi connectivity index (χ0) is 9.30. The minimum atomic E-state index is -1.12. The molecule has 0 spiro atoms. The highest BCUT2D eigenvalue weighted by Gasteiger charge is 2.08. The molecule has 0 saturated carbocycles. The van der Waals surface area contributed by atoms with Gasteiger partial charge in [-0.1, -0.05) is 0 Å². The maximum absolute atomic E-state index is 11.1. The van der Waals surface area contributed by atoms with Crippen LogP contribution in [0.25, 0.3) is 0 Å². The average molecular weight is 296 g/mol. The van der Waals surface area contributed by atoms with Crippen molar-refractivity contribution < 1.29 is 9.32 Å². The first-order chi connectivity index (χ1) is 5.52.